The lowest BCUT2D eigenvalue weighted by molar-refractivity contribution is -0.127. The highest BCUT2D eigenvalue weighted by molar-refractivity contribution is 5.74. The second-order valence-corrected chi connectivity index (χ2v) is 6.35. The molecule has 3 unspecified atom stereocenters. The minimum atomic E-state index is -0.497. The minimum Gasteiger partial charge on any atom is -0.392 e. The second-order valence-electron chi connectivity index (χ2n) is 6.35. The number of likely N-dealkylation sites (N-methyl/N-ethyl adjacent to an activating group) is 1. The van der Waals surface area contributed by atoms with Crippen molar-refractivity contribution in [1.82, 2.24) is 10.2 Å². The first kappa shape index (κ1) is 15.6. The van der Waals surface area contributed by atoms with Crippen molar-refractivity contribution in [2.75, 3.05) is 20.2 Å². The molecule has 2 rings (SSSR count). The van der Waals surface area contributed by atoms with Crippen LogP contribution in [0.25, 0.3) is 0 Å². The van der Waals surface area contributed by atoms with Gasteiger partial charge in [-0.05, 0) is 33.1 Å². The van der Waals surface area contributed by atoms with Gasteiger partial charge in [0, 0.05) is 31.7 Å². The number of carbonyl (C=O) groups is 1. The Hall–Kier alpha value is -0.810. The molecule has 20 heavy (non-hydrogen) atoms. The fourth-order valence-corrected chi connectivity index (χ4v) is 3.83. The average molecular weight is 284 g/mol. The van der Waals surface area contributed by atoms with Gasteiger partial charge < -0.3 is 20.1 Å². The number of amides is 2. The van der Waals surface area contributed by atoms with Gasteiger partial charge in [-0.2, -0.15) is 0 Å². The van der Waals surface area contributed by atoms with Gasteiger partial charge >= 0.3 is 6.03 Å². The highest BCUT2D eigenvalue weighted by atomic mass is 16.5. The molecule has 0 aromatic heterocycles. The van der Waals surface area contributed by atoms with Crippen molar-refractivity contribution in [2.45, 2.75) is 64.2 Å². The summed E-state index contributed by atoms with van der Waals surface area (Å²) in [5.74, 6) is 0. The topological polar surface area (TPSA) is 61.8 Å². The Morgan fingerprint density at radius 3 is 2.70 bits per heavy atom. The van der Waals surface area contributed by atoms with Crippen LogP contribution < -0.4 is 5.32 Å². The molecule has 2 aliphatic carbocycles. The smallest absolute Gasteiger partial charge is 0.317 e. The van der Waals surface area contributed by atoms with Crippen LogP contribution in [0.2, 0.25) is 0 Å². The second kappa shape index (κ2) is 6.31. The van der Waals surface area contributed by atoms with E-state index in [0.717, 1.165) is 25.9 Å². The van der Waals surface area contributed by atoms with Gasteiger partial charge in [-0.25, -0.2) is 4.79 Å². The van der Waals surface area contributed by atoms with E-state index < -0.39 is 6.10 Å². The van der Waals surface area contributed by atoms with E-state index in [1.54, 1.807) is 18.9 Å². The zero-order chi connectivity index (χ0) is 14.8. The minimum absolute atomic E-state index is 0.0860. The fraction of sp³-hybridized carbons (Fsp3) is 0.933. The van der Waals surface area contributed by atoms with Gasteiger partial charge in [0.15, 0.2) is 0 Å². The van der Waals surface area contributed by atoms with Crippen LogP contribution in [-0.2, 0) is 4.74 Å². The van der Waals surface area contributed by atoms with Gasteiger partial charge in [0.1, 0.15) is 0 Å². The predicted octanol–water partition coefficient (Wildman–Crippen LogP) is 1.75. The number of aliphatic hydroxyl groups excluding tert-OH is 1. The summed E-state index contributed by atoms with van der Waals surface area (Å²) in [6.07, 6.45) is 5.51. The van der Waals surface area contributed by atoms with Gasteiger partial charge in [0.05, 0.1) is 12.2 Å². The van der Waals surface area contributed by atoms with Crippen LogP contribution in [0.15, 0.2) is 0 Å². The van der Waals surface area contributed by atoms with E-state index in [-0.39, 0.29) is 17.5 Å². The molecule has 2 aliphatic rings. The molecule has 0 aliphatic heterocycles. The van der Waals surface area contributed by atoms with Gasteiger partial charge in [0.2, 0.25) is 0 Å². The summed E-state index contributed by atoms with van der Waals surface area (Å²) in [6, 6.07) is 0.141. The summed E-state index contributed by atoms with van der Waals surface area (Å²) >= 11 is 0. The van der Waals surface area contributed by atoms with E-state index in [1.807, 2.05) is 6.92 Å². The van der Waals surface area contributed by atoms with E-state index in [4.69, 9.17) is 4.74 Å². The fourth-order valence-electron chi connectivity index (χ4n) is 3.83. The van der Waals surface area contributed by atoms with Crippen LogP contribution in [0.3, 0.4) is 0 Å². The Bertz CT molecular complexity index is 340. The van der Waals surface area contributed by atoms with Crippen LogP contribution in [-0.4, -0.2) is 54.5 Å². The van der Waals surface area contributed by atoms with Gasteiger partial charge in [0.25, 0.3) is 0 Å². The zero-order valence-electron chi connectivity index (χ0n) is 12.9. The van der Waals surface area contributed by atoms with E-state index in [2.05, 4.69) is 5.32 Å². The highest BCUT2D eigenvalue weighted by Gasteiger charge is 2.57. The summed E-state index contributed by atoms with van der Waals surface area (Å²) in [5.41, 5.74) is 0.164. The number of hydrogen-bond acceptors (Lipinski definition) is 3. The summed E-state index contributed by atoms with van der Waals surface area (Å²) in [7, 11) is 1.72. The van der Waals surface area contributed by atoms with Gasteiger partial charge in [-0.1, -0.05) is 12.8 Å². The van der Waals surface area contributed by atoms with Crippen molar-refractivity contribution in [3.05, 3.63) is 0 Å². The summed E-state index contributed by atoms with van der Waals surface area (Å²) < 4.78 is 5.85. The Balaban J connectivity index is 1.91. The van der Waals surface area contributed by atoms with Crippen LogP contribution in [0.4, 0.5) is 4.79 Å². The summed E-state index contributed by atoms with van der Waals surface area (Å²) in [5, 5.41) is 12.5. The molecule has 0 bridgehead atoms. The standard InChI is InChI=1S/C15H28N2O3/c1-4-20-13-9-12(15(13)7-5-6-8-15)16-14(19)17(3)10-11(2)18/h11-13,18H,4-10H2,1-3H3,(H,16,19). The first-order chi connectivity index (χ1) is 9.49. The number of ether oxygens (including phenoxy) is 1. The molecule has 2 saturated carbocycles. The number of rotatable bonds is 5. The molecule has 2 amide bonds. The number of hydrogen-bond donors (Lipinski definition) is 2. The van der Waals surface area contributed by atoms with Gasteiger partial charge in [-0.15, -0.1) is 0 Å². The summed E-state index contributed by atoms with van der Waals surface area (Å²) in [6.45, 7) is 4.83. The maximum absolute atomic E-state index is 12.1. The van der Waals surface area contributed by atoms with Gasteiger partial charge in [-0.3, -0.25) is 0 Å². The molecule has 5 nitrogen and oxygen atoms in total. The van der Waals surface area contributed by atoms with E-state index >= 15 is 0 Å². The number of carbonyl (C=O) groups excluding carboxylic acids is 1. The van der Waals surface area contributed by atoms with E-state index in [1.165, 1.54) is 12.8 Å². The quantitative estimate of drug-likeness (QED) is 0.808. The first-order valence-corrected chi connectivity index (χ1v) is 7.81. The number of urea groups is 1. The molecular weight excluding hydrogens is 256 g/mol. The summed E-state index contributed by atoms with van der Waals surface area (Å²) in [4.78, 5) is 13.7. The number of nitrogens with zero attached hydrogens (tertiary/aromatic N) is 1. The van der Waals surface area contributed by atoms with E-state index in [9.17, 15) is 9.90 Å². The zero-order valence-corrected chi connectivity index (χ0v) is 12.9. The third kappa shape index (κ3) is 2.93. The maximum atomic E-state index is 12.1. The van der Waals surface area contributed by atoms with Crippen molar-refractivity contribution in [3.8, 4) is 0 Å². The van der Waals surface area contributed by atoms with E-state index in [0.29, 0.717) is 12.6 Å². The van der Waals surface area contributed by atoms with Crippen LogP contribution in [0.1, 0.15) is 46.0 Å². The first-order valence-electron chi connectivity index (χ1n) is 7.81. The normalized spacial score (nSPS) is 29.0. The van der Waals surface area contributed by atoms with Crippen LogP contribution in [0.5, 0.6) is 0 Å². The van der Waals surface area contributed by atoms with Crippen molar-refractivity contribution in [3.63, 3.8) is 0 Å². The molecule has 1 spiro atoms. The van der Waals surface area contributed by atoms with Crippen molar-refractivity contribution in [1.29, 1.82) is 0 Å². The Labute approximate surface area is 121 Å². The molecule has 0 radical (unpaired) electrons. The largest absolute Gasteiger partial charge is 0.392 e. The lowest BCUT2D eigenvalue weighted by atomic mass is 9.60. The molecule has 3 atom stereocenters. The lowest BCUT2D eigenvalue weighted by Crippen LogP contribution is -2.65. The number of aliphatic hydroxyl groups is 1. The Morgan fingerprint density at radius 2 is 2.15 bits per heavy atom. The molecule has 116 valence electrons. The lowest BCUT2D eigenvalue weighted by Gasteiger charge is -2.54. The highest BCUT2D eigenvalue weighted by Crippen LogP contribution is 2.54. The van der Waals surface area contributed by atoms with Crippen LogP contribution >= 0.6 is 0 Å². The van der Waals surface area contributed by atoms with Crippen LogP contribution in [0, 0.1) is 5.41 Å². The molecule has 0 saturated heterocycles. The predicted molar refractivity (Wildman–Crippen MR) is 77.6 cm³/mol. The molecule has 5 heteroatoms. The maximum Gasteiger partial charge on any atom is 0.317 e. The third-order valence-corrected chi connectivity index (χ3v) is 4.87. The third-order valence-electron chi connectivity index (χ3n) is 4.87. The average Bonchev–Trinajstić information content (AvgIpc) is 2.88. The molecule has 0 heterocycles. The van der Waals surface area contributed by atoms with Crippen molar-refractivity contribution < 1.29 is 14.6 Å². The van der Waals surface area contributed by atoms with Crippen molar-refractivity contribution in [2.24, 2.45) is 5.41 Å². The molecule has 2 N–H and O–H groups in total. The SMILES string of the molecule is CCOC1CC(NC(=O)N(C)CC(C)O)C12CCCC2. The monoisotopic (exact) mass is 284 g/mol. The molecule has 2 fully saturated rings. The van der Waals surface area contributed by atoms with Crippen molar-refractivity contribution >= 4 is 6.03 Å². The molecule has 0 aromatic rings. The Kier molecular flexibility index (Phi) is 4.91. The molecule has 0 aromatic carbocycles. The molecular formula is C15H28N2O3. The Morgan fingerprint density at radius 1 is 1.50 bits per heavy atom. The number of nitrogens with one attached hydrogen (secondary N) is 1.